The Morgan fingerprint density at radius 1 is 1.21 bits per heavy atom. The maximum atomic E-state index is 12.5. The van der Waals surface area contributed by atoms with Crippen LogP contribution in [-0.2, 0) is 25.5 Å². The zero-order valence-electron chi connectivity index (χ0n) is 16.5. The zero-order valence-corrected chi connectivity index (χ0v) is 16.5. The van der Waals surface area contributed by atoms with Gasteiger partial charge in [0, 0.05) is 25.1 Å². The predicted octanol–water partition coefficient (Wildman–Crippen LogP) is 2.84. The number of carbonyl (C=O) groups is 2. The van der Waals surface area contributed by atoms with E-state index in [0.717, 1.165) is 5.56 Å². The number of ether oxygens (including phenoxy) is 2. The molecule has 2 heterocycles. The molecule has 1 saturated heterocycles. The van der Waals surface area contributed by atoms with Gasteiger partial charge < -0.3 is 18.8 Å². The fourth-order valence-electron chi connectivity index (χ4n) is 3.29. The van der Waals surface area contributed by atoms with Crippen LogP contribution < -0.4 is 0 Å². The largest absolute Gasteiger partial charge is 0.453 e. The van der Waals surface area contributed by atoms with Crippen molar-refractivity contribution in [2.75, 3.05) is 13.1 Å². The number of aromatic nitrogens is 1. The lowest BCUT2D eigenvalue weighted by Crippen LogP contribution is -2.51. The van der Waals surface area contributed by atoms with Crippen LogP contribution in [0, 0.1) is 0 Å². The van der Waals surface area contributed by atoms with Crippen molar-refractivity contribution >= 4 is 11.9 Å². The highest BCUT2D eigenvalue weighted by Crippen LogP contribution is 2.20. The lowest BCUT2D eigenvalue weighted by atomic mass is 10.2. The fourth-order valence-corrected chi connectivity index (χ4v) is 3.29. The van der Waals surface area contributed by atoms with Gasteiger partial charge in [0.25, 0.3) is 5.91 Å². The van der Waals surface area contributed by atoms with E-state index in [9.17, 15) is 9.59 Å². The third-order valence-corrected chi connectivity index (χ3v) is 4.54. The first-order chi connectivity index (χ1) is 13.4. The molecule has 150 valence electrons. The van der Waals surface area contributed by atoms with Crippen molar-refractivity contribution in [2.45, 2.75) is 51.9 Å². The van der Waals surface area contributed by atoms with E-state index in [1.54, 1.807) is 18.0 Å². The highest BCUT2D eigenvalue weighted by atomic mass is 16.5. The van der Waals surface area contributed by atoms with Crippen molar-refractivity contribution in [1.82, 2.24) is 9.88 Å². The third-order valence-electron chi connectivity index (χ3n) is 4.54. The highest BCUT2D eigenvalue weighted by Gasteiger charge is 2.30. The standard InChI is InChI=1S/C21H26N2O5/c1-14-12-23(13-15(2)26-14)21(25)16(3)27-20(24)10-9-19-22-11-18(28-19)17-7-5-4-6-8-17/h4-8,11,14-16H,9-10,12-13H2,1-3H3. The first-order valence-corrected chi connectivity index (χ1v) is 9.56. The van der Waals surface area contributed by atoms with E-state index in [1.807, 2.05) is 44.2 Å². The second-order valence-corrected chi connectivity index (χ2v) is 7.12. The zero-order chi connectivity index (χ0) is 20.1. The van der Waals surface area contributed by atoms with E-state index >= 15 is 0 Å². The molecule has 0 saturated carbocycles. The molecule has 1 aliphatic heterocycles. The minimum Gasteiger partial charge on any atom is -0.453 e. The number of amides is 1. The predicted molar refractivity (Wildman–Crippen MR) is 102 cm³/mol. The highest BCUT2D eigenvalue weighted by molar-refractivity contribution is 5.83. The summed E-state index contributed by atoms with van der Waals surface area (Å²) in [4.78, 5) is 30.6. The van der Waals surface area contributed by atoms with Gasteiger partial charge in [0.15, 0.2) is 17.8 Å². The molecule has 3 atom stereocenters. The van der Waals surface area contributed by atoms with Crippen LogP contribution in [0.3, 0.4) is 0 Å². The second-order valence-electron chi connectivity index (χ2n) is 7.12. The quantitative estimate of drug-likeness (QED) is 0.710. The number of oxazole rings is 1. The Balaban J connectivity index is 1.47. The minimum absolute atomic E-state index is 0.0283. The molecule has 28 heavy (non-hydrogen) atoms. The summed E-state index contributed by atoms with van der Waals surface area (Å²) in [6.45, 7) is 6.45. The molecule has 1 fully saturated rings. The molecule has 1 aliphatic rings. The Hall–Kier alpha value is -2.67. The van der Waals surface area contributed by atoms with Gasteiger partial charge in [-0.2, -0.15) is 0 Å². The van der Waals surface area contributed by atoms with Crippen molar-refractivity contribution in [3.05, 3.63) is 42.4 Å². The Kier molecular flexibility index (Phi) is 6.46. The van der Waals surface area contributed by atoms with Crippen LogP contribution in [0.1, 0.15) is 33.1 Å². The molecule has 7 heteroatoms. The maximum Gasteiger partial charge on any atom is 0.307 e. The summed E-state index contributed by atoms with van der Waals surface area (Å²) in [7, 11) is 0. The van der Waals surface area contributed by atoms with Crippen molar-refractivity contribution in [3.63, 3.8) is 0 Å². The maximum absolute atomic E-state index is 12.5. The van der Waals surface area contributed by atoms with Gasteiger partial charge in [-0.25, -0.2) is 4.98 Å². The number of aryl methyl sites for hydroxylation is 1. The Morgan fingerprint density at radius 2 is 1.89 bits per heavy atom. The van der Waals surface area contributed by atoms with Crippen molar-refractivity contribution < 1.29 is 23.5 Å². The number of morpholine rings is 1. The number of carbonyl (C=O) groups excluding carboxylic acids is 2. The van der Waals surface area contributed by atoms with Gasteiger partial charge in [0.05, 0.1) is 24.8 Å². The minimum atomic E-state index is -0.825. The summed E-state index contributed by atoms with van der Waals surface area (Å²) >= 11 is 0. The molecule has 1 aromatic heterocycles. The van der Waals surface area contributed by atoms with Crippen LogP contribution in [0.15, 0.2) is 40.9 Å². The smallest absolute Gasteiger partial charge is 0.307 e. The summed E-state index contributed by atoms with van der Waals surface area (Å²) in [6.07, 6.45) is 1.18. The molecule has 7 nitrogen and oxygen atoms in total. The first kappa shape index (κ1) is 20.1. The molecule has 3 rings (SSSR count). The summed E-state index contributed by atoms with van der Waals surface area (Å²) in [6, 6.07) is 9.63. The molecule has 3 unspecified atom stereocenters. The van der Waals surface area contributed by atoms with Crippen LogP contribution in [0.5, 0.6) is 0 Å². The topological polar surface area (TPSA) is 81.9 Å². The molecule has 0 aliphatic carbocycles. The molecular weight excluding hydrogens is 360 g/mol. The van der Waals surface area contributed by atoms with Gasteiger partial charge in [0.2, 0.25) is 0 Å². The Morgan fingerprint density at radius 3 is 2.57 bits per heavy atom. The van der Waals surface area contributed by atoms with Crippen LogP contribution in [0.2, 0.25) is 0 Å². The van der Waals surface area contributed by atoms with E-state index in [1.165, 1.54) is 0 Å². The molecule has 0 radical (unpaired) electrons. The van der Waals surface area contributed by atoms with Gasteiger partial charge >= 0.3 is 5.97 Å². The summed E-state index contributed by atoms with van der Waals surface area (Å²) in [5, 5.41) is 0. The first-order valence-electron chi connectivity index (χ1n) is 9.56. The normalized spacial score (nSPS) is 20.6. The Bertz CT molecular complexity index is 794. The van der Waals surface area contributed by atoms with Gasteiger partial charge in [0.1, 0.15) is 0 Å². The molecular formula is C21H26N2O5. The average Bonchev–Trinajstić information content (AvgIpc) is 3.15. The van der Waals surface area contributed by atoms with Crippen molar-refractivity contribution in [1.29, 1.82) is 0 Å². The van der Waals surface area contributed by atoms with Crippen molar-refractivity contribution in [2.24, 2.45) is 0 Å². The van der Waals surface area contributed by atoms with Crippen LogP contribution in [-0.4, -0.2) is 53.2 Å². The van der Waals surface area contributed by atoms with E-state index in [2.05, 4.69) is 4.98 Å². The molecule has 1 amide bonds. The van der Waals surface area contributed by atoms with E-state index < -0.39 is 12.1 Å². The summed E-state index contributed by atoms with van der Waals surface area (Å²) in [5.41, 5.74) is 0.928. The van der Waals surface area contributed by atoms with Gasteiger partial charge in [-0.1, -0.05) is 30.3 Å². The van der Waals surface area contributed by atoms with Crippen LogP contribution >= 0.6 is 0 Å². The number of hydrogen-bond donors (Lipinski definition) is 0. The van der Waals surface area contributed by atoms with Gasteiger partial charge in [-0.3, -0.25) is 9.59 Å². The van der Waals surface area contributed by atoms with Crippen molar-refractivity contribution in [3.8, 4) is 11.3 Å². The van der Waals surface area contributed by atoms with Crippen LogP contribution in [0.4, 0.5) is 0 Å². The SMILES string of the molecule is CC1CN(C(=O)C(C)OC(=O)CCc2ncc(-c3ccccc3)o2)CC(C)O1. The lowest BCUT2D eigenvalue weighted by Gasteiger charge is -2.36. The van der Waals surface area contributed by atoms with E-state index in [-0.39, 0.29) is 24.5 Å². The van der Waals surface area contributed by atoms with Gasteiger partial charge in [-0.15, -0.1) is 0 Å². The Labute approximate surface area is 164 Å². The molecule has 2 aromatic rings. The van der Waals surface area contributed by atoms with Gasteiger partial charge in [-0.05, 0) is 20.8 Å². The molecule has 0 bridgehead atoms. The number of rotatable bonds is 6. The number of benzene rings is 1. The van der Waals surface area contributed by atoms with E-state index in [4.69, 9.17) is 13.9 Å². The number of nitrogens with zero attached hydrogens (tertiary/aromatic N) is 2. The third kappa shape index (κ3) is 5.19. The second kappa shape index (κ2) is 9.01. The lowest BCUT2D eigenvalue weighted by molar-refractivity contribution is -0.164. The summed E-state index contributed by atoms with van der Waals surface area (Å²) < 4.78 is 16.6. The van der Waals surface area contributed by atoms with Crippen LogP contribution in [0.25, 0.3) is 11.3 Å². The molecule has 1 aromatic carbocycles. The number of hydrogen-bond acceptors (Lipinski definition) is 6. The average molecular weight is 386 g/mol. The monoisotopic (exact) mass is 386 g/mol. The van der Waals surface area contributed by atoms with E-state index in [0.29, 0.717) is 31.2 Å². The molecule has 0 spiro atoms. The molecule has 0 N–H and O–H groups in total. The summed E-state index contributed by atoms with van der Waals surface area (Å²) in [5.74, 6) is 0.473. The number of esters is 1. The fraction of sp³-hybridized carbons (Fsp3) is 0.476.